The Kier molecular flexibility index (Phi) is 5.45. The standard InChI is InChI=1S/C23H26F3N3O2/c1-14(2)31-20-13-27-19(18-8-9-22(28-18)10-11-29(3)21(22)30)12-17(20)15-4-6-16(7-5-15)23(24,25)26/h4-7,12-14,18,28H,8-11H2,1-3H3/t18-,22+/m1/s1. The Bertz CT molecular complexity index is 975. The number of carbonyl (C=O) groups is 1. The summed E-state index contributed by atoms with van der Waals surface area (Å²) in [5, 5.41) is 3.49. The van der Waals surface area contributed by atoms with Gasteiger partial charge in [-0.1, -0.05) is 12.1 Å². The lowest BCUT2D eigenvalue weighted by molar-refractivity contribution is -0.137. The highest BCUT2D eigenvalue weighted by Gasteiger charge is 2.50. The largest absolute Gasteiger partial charge is 0.489 e. The molecule has 8 heteroatoms. The molecule has 1 aromatic heterocycles. The summed E-state index contributed by atoms with van der Waals surface area (Å²) < 4.78 is 44.8. The lowest BCUT2D eigenvalue weighted by atomic mass is 9.96. The van der Waals surface area contributed by atoms with E-state index < -0.39 is 17.3 Å². The molecular formula is C23H26F3N3O2. The molecule has 31 heavy (non-hydrogen) atoms. The number of likely N-dealkylation sites (N-methyl/N-ethyl adjacent to an activating group) is 1. The Morgan fingerprint density at radius 1 is 1.23 bits per heavy atom. The van der Waals surface area contributed by atoms with Gasteiger partial charge in [0.15, 0.2) is 0 Å². The lowest BCUT2D eigenvalue weighted by Gasteiger charge is -2.23. The highest BCUT2D eigenvalue weighted by atomic mass is 19.4. The van der Waals surface area contributed by atoms with Gasteiger partial charge in [-0.3, -0.25) is 15.1 Å². The maximum absolute atomic E-state index is 13.0. The van der Waals surface area contributed by atoms with Gasteiger partial charge in [0, 0.05) is 19.2 Å². The molecule has 2 atom stereocenters. The van der Waals surface area contributed by atoms with Crippen LogP contribution in [0.15, 0.2) is 36.5 Å². The number of amides is 1. The zero-order valence-electron chi connectivity index (χ0n) is 17.8. The maximum Gasteiger partial charge on any atom is 0.416 e. The maximum atomic E-state index is 13.0. The van der Waals surface area contributed by atoms with Crippen LogP contribution in [0.5, 0.6) is 5.75 Å². The molecule has 4 rings (SSSR count). The third-order valence-electron chi connectivity index (χ3n) is 6.07. The average Bonchev–Trinajstić information content (AvgIpc) is 3.27. The zero-order chi connectivity index (χ0) is 22.4. The van der Waals surface area contributed by atoms with E-state index in [1.165, 1.54) is 12.1 Å². The molecule has 2 aliphatic rings. The summed E-state index contributed by atoms with van der Waals surface area (Å²) in [7, 11) is 1.81. The second-order valence-corrected chi connectivity index (χ2v) is 8.64. The first-order chi connectivity index (χ1) is 14.6. The Morgan fingerprint density at radius 3 is 2.52 bits per heavy atom. The number of nitrogens with one attached hydrogen (secondary N) is 1. The van der Waals surface area contributed by atoms with E-state index >= 15 is 0 Å². The van der Waals surface area contributed by atoms with Crippen molar-refractivity contribution in [3.8, 4) is 16.9 Å². The van der Waals surface area contributed by atoms with E-state index in [2.05, 4.69) is 10.3 Å². The molecule has 0 radical (unpaired) electrons. The zero-order valence-corrected chi connectivity index (χ0v) is 17.8. The summed E-state index contributed by atoms with van der Waals surface area (Å²) in [6, 6.07) is 6.81. The van der Waals surface area contributed by atoms with E-state index in [9.17, 15) is 18.0 Å². The predicted molar refractivity (Wildman–Crippen MR) is 111 cm³/mol. The van der Waals surface area contributed by atoms with Crippen molar-refractivity contribution in [1.29, 1.82) is 0 Å². The minimum absolute atomic E-state index is 0.100. The van der Waals surface area contributed by atoms with Crippen LogP contribution in [0.25, 0.3) is 11.1 Å². The number of rotatable bonds is 4. The summed E-state index contributed by atoms with van der Waals surface area (Å²) in [5.74, 6) is 0.626. The number of carbonyl (C=O) groups excluding carboxylic acids is 1. The van der Waals surface area contributed by atoms with E-state index in [0.29, 0.717) is 16.9 Å². The molecule has 1 N–H and O–H groups in total. The quantitative estimate of drug-likeness (QED) is 0.767. The first kappa shape index (κ1) is 21.6. The van der Waals surface area contributed by atoms with Gasteiger partial charge in [-0.15, -0.1) is 0 Å². The second-order valence-electron chi connectivity index (χ2n) is 8.64. The SMILES string of the molecule is CC(C)Oc1cnc([C@H]2CC[C@@]3(CCN(C)C3=O)N2)cc1-c1ccc(C(F)(F)F)cc1. The van der Waals surface area contributed by atoms with Crippen LogP contribution in [0.3, 0.4) is 0 Å². The molecule has 1 amide bonds. The summed E-state index contributed by atoms with van der Waals surface area (Å²) in [6.07, 6.45) is -0.606. The molecule has 0 unspecified atom stereocenters. The van der Waals surface area contributed by atoms with Gasteiger partial charge in [-0.05, 0) is 56.9 Å². The molecule has 2 saturated heterocycles. The number of nitrogens with zero attached hydrogens (tertiary/aromatic N) is 2. The number of ether oxygens (including phenoxy) is 1. The van der Waals surface area contributed by atoms with Gasteiger partial charge in [0.2, 0.25) is 5.91 Å². The van der Waals surface area contributed by atoms with Crippen molar-refractivity contribution >= 4 is 5.91 Å². The molecule has 3 heterocycles. The monoisotopic (exact) mass is 433 g/mol. The van der Waals surface area contributed by atoms with Gasteiger partial charge in [-0.2, -0.15) is 13.2 Å². The molecule has 166 valence electrons. The van der Waals surface area contributed by atoms with Crippen LogP contribution in [-0.2, 0) is 11.0 Å². The van der Waals surface area contributed by atoms with Crippen LogP contribution in [0.1, 0.15) is 50.4 Å². The number of aromatic nitrogens is 1. The second kappa shape index (κ2) is 7.82. The fraction of sp³-hybridized carbons (Fsp3) is 0.478. The lowest BCUT2D eigenvalue weighted by Crippen LogP contribution is -2.47. The minimum atomic E-state index is -4.39. The highest BCUT2D eigenvalue weighted by molar-refractivity contribution is 5.88. The number of hydrogen-bond donors (Lipinski definition) is 1. The third-order valence-corrected chi connectivity index (χ3v) is 6.07. The van der Waals surface area contributed by atoms with Gasteiger partial charge in [0.05, 0.1) is 29.6 Å². The number of alkyl halides is 3. The molecule has 2 aromatic rings. The van der Waals surface area contributed by atoms with E-state index in [1.807, 2.05) is 27.0 Å². The van der Waals surface area contributed by atoms with Gasteiger partial charge in [0.25, 0.3) is 0 Å². The molecule has 0 bridgehead atoms. The van der Waals surface area contributed by atoms with E-state index in [-0.39, 0.29) is 18.1 Å². The van der Waals surface area contributed by atoms with Gasteiger partial charge in [0.1, 0.15) is 11.3 Å². The fourth-order valence-electron chi connectivity index (χ4n) is 4.45. The van der Waals surface area contributed by atoms with Crippen molar-refractivity contribution in [2.75, 3.05) is 13.6 Å². The molecule has 2 aliphatic heterocycles. The Hall–Kier alpha value is -2.61. The predicted octanol–water partition coefficient (Wildman–Crippen LogP) is 4.58. The van der Waals surface area contributed by atoms with Crippen molar-refractivity contribution in [2.45, 2.75) is 57.0 Å². The molecule has 0 saturated carbocycles. The van der Waals surface area contributed by atoms with Crippen LogP contribution in [0, 0.1) is 0 Å². The highest BCUT2D eigenvalue weighted by Crippen LogP contribution is 2.41. The number of benzene rings is 1. The first-order valence-corrected chi connectivity index (χ1v) is 10.5. The van der Waals surface area contributed by atoms with Gasteiger partial charge >= 0.3 is 6.18 Å². The smallest absolute Gasteiger partial charge is 0.416 e. The van der Waals surface area contributed by atoms with Crippen LogP contribution < -0.4 is 10.1 Å². The molecule has 1 spiro atoms. The van der Waals surface area contributed by atoms with Crippen molar-refractivity contribution in [3.05, 3.63) is 47.8 Å². The number of pyridine rings is 1. The van der Waals surface area contributed by atoms with Crippen LogP contribution >= 0.6 is 0 Å². The van der Waals surface area contributed by atoms with Gasteiger partial charge < -0.3 is 9.64 Å². The minimum Gasteiger partial charge on any atom is -0.489 e. The molecular weight excluding hydrogens is 407 g/mol. The van der Waals surface area contributed by atoms with Crippen molar-refractivity contribution < 1.29 is 22.7 Å². The fourth-order valence-corrected chi connectivity index (χ4v) is 4.45. The van der Waals surface area contributed by atoms with Crippen molar-refractivity contribution in [1.82, 2.24) is 15.2 Å². The molecule has 2 fully saturated rings. The first-order valence-electron chi connectivity index (χ1n) is 10.5. The normalized spacial score (nSPS) is 23.9. The summed E-state index contributed by atoms with van der Waals surface area (Å²) >= 11 is 0. The van der Waals surface area contributed by atoms with E-state index in [0.717, 1.165) is 43.6 Å². The summed E-state index contributed by atoms with van der Waals surface area (Å²) in [5.41, 5.74) is 0.829. The molecule has 1 aromatic carbocycles. The van der Waals surface area contributed by atoms with E-state index in [4.69, 9.17) is 4.74 Å². The van der Waals surface area contributed by atoms with Crippen molar-refractivity contribution in [3.63, 3.8) is 0 Å². The summed E-state index contributed by atoms with van der Waals surface area (Å²) in [6.45, 7) is 4.49. The third kappa shape index (κ3) is 4.13. The summed E-state index contributed by atoms with van der Waals surface area (Å²) in [4.78, 5) is 18.9. The van der Waals surface area contributed by atoms with E-state index in [1.54, 1.807) is 11.1 Å². The van der Waals surface area contributed by atoms with Crippen molar-refractivity contribution in [2.24, 2.45) is 0 Å². The Balaban J connectivity index is 1.66. The topological polar surface area (TPSA) is 54.5 Å². The number of likely N-dealkylation sites (tertiary alicyclic amines) is 1. The molecule has 0 aliphatic carbocycles. The Morgan fingerprint density at radius 2 is 1.94 bits per heavy atom. The van der Waals surface area contributed by atoms with Crippen LogP contribution in [-0.4, -0.2) is 41.0 Å². The number of hydrogen-bond acceptors (Lipinski definition) is 4. The van der Waals surface area contributed by atoms with Gasteiger partial charge in [-0.25, -0.2) is 0 Å². The average molecular weight is 433 g/mol. The Labute approximate surface area is 179 Å². The van der Waals surface area contributed by atoms with Crippen LogP contribution in [0.2, 0.25) is 0 Å². The molecule has 5 nitrogen and oxygen atoms in total. The van der Waals surface area contributed by atoms with Crippen LogP contribution in [0.4, 0.5) is 13.2 Å². The number of halogens is 3.